The van der Waals surface area contributed by atoms with Crippen molar-refractivity contribution >= 4 is 10.4 Å². The Kier molecular flexibility index (Phi) is 23.6. The van der Waals surface area contributed by atoms with Gasteiger partial charge in [0.05, 0.1) is 0 Å². The Balaban J connectivity index is -0.0000000267. The van der Waals surface area contributed by atoms with Crippen LogP contribution in [-0.4, -0.2) is 17.5 Å². The van der Waals surface area contributed by atoms with Gasteiger partial charge in [-0.05, 0) is 0 Å². The summed E-state index contributed by atoms with van der Waals surface area (Å²) in [6.07, 6.45) is 0. The van der Waals surface area contributed by atoms with Gasteiger partial charge in [-0.1, -0.05) is 0 Å². The fraction of sp³-hybridized carbons (Fsp3) is 0. The van der Waals surface area contributed by atoms with E-state index in [1.807, 2.05) is 0 Å². The van der Waals surface area contributed by atoms with Gasteiger partial charge in [0.25, 0.3) is 0 Å². The van der Waals surface area contributed by atoms with E-state index in [1.165, 1.54) is 0 Å². The molecule has 0 aromatic rings. The van der Waals surface area contributed by atoms with Gasteiger partial charge in [0.15, 0.2) is 0 Å². The molecule has 0 aliphatic carbocycles. The van der Waals surface area contributed by atoms with Crippen LogP contribution >= 0.6 is 0 Å². The number of hydrogen-bond donors (Lipinski definition) is 2. The van der Waals surface area contributed by atoms with Gasteiger partial charge >= 0.3 is 29.3 Å². The molecular formula is H2ClFeLiO4S. The van der Waals surface area contributed by atoms with Crippen molar-refractivity contribution in [2.75, 3.05) is 0 Å². The average molecular weight is 196 g/mol. The normalized spacial score (nSPS) is 7.25. The van der Waals surface area contributed by atoms with Gasteiger partial charge < -0.3 is 12.4 Å². The first-order valence-corrected chi connectivity index (χ1v) is 2.10. The molecule has 0 aliphatic rings. The Morgan fingerprint density at radius 2 is 1.12 bits per heavy atom. The molecule has 0 aliphatic heterocycles. The summed E-state index contributed by atoms with van der Waals surface area (Å²) in [7, 11) is -4.67. The minimum absolute atomic E-state index is 0. The van der Waals surface area contributed by atoms with Crippen LogP contribution in [0.5, 0.6) is 0 Å². The van der Waals surface area contributed by atoms with Crippen LogP contribution in [0, 0.1) is 0 Å². The summed E-state index contributed by atoms with van der Waals surface area (Å²) >= 11 is 0. The van der Waals surface area contributed by atoms with Crippen molar-refractivity contribution in [3.63, 3.8) is 0 Å². The molecule has 2 N–H and O–H groups in total. The molecule has 0 atom stereocenters. The maximum atomic E-state index is 8.74. The minimum Gasteiger partial charge on any atom is -1.00 e. The molecular weight excluding hydrogens is 194 g/mol. The fourth-order valence-electron chi connectivity index (χ4n) is 0. The minimum atomic E-state index is -4.67. The summed E-state index contributed by atoms with van der Waals surface area (Å²) < 4.78 is 31.6. The van der Waals surface area contributed by atoms with Crippen LogP contribution in [0.2, 0.25) is 0 Å². The van der Waals surface area contributed by atoms with Crippen LogP contribution in [0.1, 0.15) is 0 Å². The zero-order valence-electron chi connectivity index (χ0n) is 3.85. The third kappa shape index (κ3) is 176. The standard InChI is InChI=1S/ClH.Fe.Li.H2O4S/c;;;1-5(2,3)4/h1H;;;(H2,1,2,3,4)/q;;+1;/p-1. The molecule has 0 fully saturated rings. The van der Waals surface area contributed by atoms with Gasteiger partial charge in [0.1, 0.15) is 0 Å². The molecule has 4 nitrogen and oxygen atoms in total. The first kappa shape index (κ1) is 22.8. The fourth-order valence-corrected chi connectivity index (χ4v) is 0. The molecule has 0 rings (SSSR count). The number of hydrogen-bond acceptors (Lipinski definition) is 2. The number of halogens is 1. The van der Waals surface area contributed by atoms with E-state index in [-0.39, 0.29) is 48.3 Å². The van der Waals surface area contributed by atoms with Crippen molar-refractivity contribution < 1.29 is 65.9 Å². The summed E-state index contributed by atoms with van der Waals surface area (Å²) in [5.74, 6) is 0. The molecule has 48 valence electrons. The topological polar surface area (TPSA) is 74.6 Å². The Hall–Kier alpha value is 1.28. The summed E-state index contributed by atoms with van der Waals surface area (Å²) in [6, 6.07) is 0. The molecule has 8 heteroatoms. The predicted molar refractivity (Wildman–Crippen MR) is 14.2 cm³/mol. The molecule has 0 radical (unpaired) electrons. The number of rotatable bonds is 0. The summed E-state index contributed by atoms with van der Waals surface area (Å²) in [5.41, 5.74) is 0. The molecule has 0 saturated carbocycles. The predicted octanol–water partition coefficient (Wildman–Crippen LogP) is -6.65. The van der Waals surface area contributed by atoms with Gasteiger partial charge in [-0.25, -0.2) is 0 Å². The van der Waals surface area contributed by atoms with Crippen LogP contribution < -0.4 is 31.3 Å². The Labute approximate surface area is 76.1 Å². The van der Waals surface area contributed by atoms with Crippen LogP contribution in [0.3, 0.4) is 0 Å². The van der Waals surface area contributed by atoms with E-state index in [1.54, 1.807) is 0 Å². The second-order valence-electron chi connectivity index (χ2n) is 0.448. The second-order valence-corrected chi connectivity index (χ2v) is 1.34. The zero-order valence-corrected chi connectivity index (χ0v) is 6.53. The van der Waals surface area contributed by atoms with Crippen LogP contribution in [0.15, 0.2) is 0 Å². The van der Waals surface area contributed by atoms with Gasteiger partial charge in [-0.15, -0.1) is 0 Å². The third-order valence-corrected chi connectivity index (χ3v) is 0. The van der Waals surface area contributed by atoms with Crippen molar-refractivity contribution in [2.45, 2.75) is 0 Å². The molecule has 0 amide bonds. The Morgan fingerprint density at radius 1 is 1.12 bits per heavy atom. The maximum Gasteiger partial charge on any atom is 1.00 e. The molecule has 0 aromatic heterocycles. The first-order chi connectivity index (χ1) is 2.00. The summed E-state index contributed by atoms with van der Waals surface area (Å²) in [4.78, 5) is 0. The SMILES string of the molecule is O=S(=O)(O)O.[Cl-].[Fe].[Li+]. The van der Waals surface area contributed by atoms with Crippen molar-refractivity contribution in [1.82, 2.24) is 0 Å². The van der Waals surface area contributed by atoms with E-state index >= 15 is 0 Å². The van der Waals surface area contributed by atoms with Crippen molar-refractivity contribution in [3.05, 3.63) is 0 Å². The molecule has 0 unspecified atom stereocenters. The quantitative estimate of drug-likeness (QED) is 0.298. The van der Waals surface area contributed by atoms with Gasteiger partial charge in [0.2, 0.25) is 0 Å². The molecule has 0 saturated heterocycles. The van der Waals surface area contributed by atoms with Crippen molar-refractivity contribution in [1.29, 1.82) is 0 Å². The largest absolute Gasteiger partial charge is 1.00 e. The van der Waals surface area contributed by atoms with Crippen LogP contribution in [0.4, 0.5) is 0 Å². The zero-order chi connectivity index (χ0) is 4.50. The van der Waals surface area contributed by atoms with E-state index in [0.29, 0.717) is 0 Å². The molecule has 0 heterocycles. The van der Waals surface area contributed by atoms with Crippen LogP contribution in [-0.2, 0) is 27.5 Å². The molecule has 0 bridgehead atoms. The maximum absolute atomic E-state index is 8.74. The molecule has 0 spiro atoms. The Morgan fingerprint density at radius 3 is 1.12 bits per heavy atom. The van der Waals surface area contributed by atoms with Crippen LogP contribution in [0.25, 0.3) is 0 Å². The van der Waals surface area contributed by atoms with Crippen molar-refractivity contribution in [3.8, 4) is 0 Å². The molecule has 0 aromatic carbocycles. The van der Waals surface area contributed by atoms with Crippen molar-refractivity contribution in [2.24, 2.45) is 0 Å². The van der Waals surface area contributed by atoms with E-state index in [2.05, 4.69) is 0 Å². The van der Waals surface area contributed by atoms with Gasteiger partial charge in [-0.2, -0.15) is 8.42 Å². The Bertz CT molecular complexity index is 99.2. The smallest absolute Gasteiger partial charge is 1.00 e. The van der Waals surface area contributed by atoms with E-state index < -0.39 is 10.4 Å². The average Bonchev–Trinajstić information content (AvgIpc) is 0.722. The monoisotopic (exact) mass is 196 g/mol. The molecule has 8 heavy (non-hydrogen) atoms. The van der Waals surface area contributed by atoms with Gasteiger partial charge in [-0.3, -0.25) is 9.11 Å². The van der Waals surface area contributed by atoms with E-state index in [0.717, 1.165) is 0 Å². The second kappa shape index (κ2) is 8.28. The van der Waals surface area contributed by atoms with E-state index in [9.17, 15) is 0 Å². The van der Waals surface area contributed by atoms with Gasteiger partial charge in [0, 0.05) is 17.1 Å². The first-order valence-electron chi connectivity index (χ1n) is 0.698. The van der Waals surface area contributed by atoms with E-state index in [4.69, 9.17) is 17.5 Å². The summed E-state index contributed by atoms with van der Waals surface area (Å²) in [5, 5.41) is 0. The third-order valence-electron chi connectivity index (χ3n) is 0. The summed E-state index contributed by atoms with van der Waals surface area (Å²) in [6.45, 7) is 0.